The van der Waals surface area contributed by atoms with Crippen molar-refractivity contribution in [3.8, 4) is 11.5 Å². The molecule has 0 bridgehead atoms. The number of ether oxygens (including phenoxy) is 1. The monoisotopic (exact) mass is 466 g/mol. The molecule has 0 aliphatic rings. The average molecular weight is 466 g/mol. The highest BCUT2D eigenvalue weighted by Gasteiger charge is 2.24. The van der Waals surface area contributed by atoms with Crippen molar-refractivity contribution >= 4 is 25.9 Å². The van der Waals surface area contributed by atoms with Gasteiger partial charge in [0, 0.05) is 22.7 Å². The number of aliphatic hydroxyl groups is 1. The van der Waals surface area contributed by atoms with E-state index in [1.807, 2.05) is 6.07 Å². The molecule has 0 radical (unpaired) electrons. The van der Waals surface area contributed by atoms with Crippen molar-refractivity contribution in [2.45, 2.75) is 11.7 Å². The van der Waals surface area contributed by atoms with Crippen LogP contribution in [0.4, 0.5) is 8.78 Å². The quantitative estimate of drug-likeness (QED) is 0.357. The number of hydrogen-bond donors (Lipinski definition) is 2. The van der Waals surface area contributed by atoms with Crippen molar-refractivity contribution < 1.29 is 23.4 Å². The summed E-state index contributed by atoms with van der Waals surface area (Å²) in [5, 5.41) is 14.0. The molecule has 2 atom stereocenters. The molecule has 4 rings (SSSR count). The van der Waals surface area contributed by atoms with Crippen LogP contribution in [0.5, 0.6) is 11.5 Å². The molecule has 0 aliphatic heterocycles. The van der Waals surface area contributed by atoms with Crippen molar-refractivity contribution in [1.82, 2.24) is 10.3 Å². The Labute approximate surface area is 191 Å². The second-order valence-electron chi connectivity index (χ2n) is 7.40. The Hall–Kier alpha value is -3.41. The molecule has 0 aliphatic carbocycles. The fourth-order valence-electron chi connectivity index (χ4n) is 3.39. The Morgan fingerprint density at radius 1 is 1.06 bits per heavy atom. The molecule has 0 saturated carbocycles. The summed E-state index contributed by atoms with van der Waals surface area (Å²) >= 11 is 0. The maximum Gasteiger partial charge on any atom is 0.283 e. The van der Waals surface area contributed by atoms with Crippen LogP contribution >= 0.6 is 9.24 Å². The molecule has 1 amide bonds. The Balaban J connectivity index is 1.55. The number of carbonyl (C=O) groups excluding carboxylic acids is 1. The van der Waals surface area contributed by atoms with Gasteiger partial charge in [0.2, 0.25) is 0 Å². The minimum absolute atomic E-state index is 0.125. The van der Waals surface area contributed by atoms with Crippen LogP contribution in [0.25, 0.3) is 10.8 Å². The number of rotatable bonds is 7. The summed E-state index contributed by atoms with van der Waals surface area (Å²) in [6, 6.07) is 20.8. The maximum absolute atomic E-state index is 13.4. The third-order valence-corrected chi connectivity index (χ3v) is 5.44. The molecule has 8 heteroatoms. The van der Waals surface area contributed by atoms with Crippen LogP contribution < -0.4 is 10.1 Å². The number of benzene rings is 3. The zero-order valence-electron chi connectivity index (χ0n) is 17.4. The van der Waals surface area contributed by atoms with Crippen LogP contribution in [0.2, 0.25) is 0 Å². The van der Waals surface area contributed by atoms with Gasteiger partial charge in [0.25, 0.3) is 11.6 Å². The number of amides is 1. The van der Waals surface area contributed by atoms with Gasteiger partial charge >= 0.3 is 0 Å². The van der Waals surface area contributed by atoms with Gasteiger partial charge in [-0.1, -0.05) is 27.4 Å². The zero-order valence-corrected chi connectivity index (χ0v) is 18.6. The number of hydrogen-bond acceptors (Lipinski definition) is 4. The Morgan fingerprint density at radius 3 is 2.52 bits per heavy atom. The molecule has 3 aromatic carbocycles. The molecule has 0 saturated heterocycles. The summed E-state index contributed by atoms with van der Waals surface area (Å²) in [6.45, 7) is -0.282. The molecule has 2 unspecified atom stereocenters. The summed E-state index contributed by atoms with van der Waals surface area (Å²) in [5.74, 6) is 0.608. The minimum Gasteiger partial charge on any atom is -0.457 e. The number of halogens is 2. The van der Waals surface area contributed by atoms with Crippen molar-refractivity contribution in [3.63, 3.8) is 0 Å². The van der Waals surface area contributed by atoms with Gasteiger partial charge in [-0.2, -0.15) is 8.78 Å². The van der Waals surface area contributed by atoms with Crippen LogP contribution in [-0.2, 0) is 5.66 Å². The van der Waals surface area contributed by atoms with Gasteiger partial charge in [0.1, 0.15) is 11.5 Å². The number of aliphatic hydroxyl groups excluding tert-OH is 1. The van der Waals surface area contributed by atoms with Gasteiger partial charge in [-0.05, 0) is 66.0 Å². The van der Waals surface area contributed by atoms with Crippen LogP contribution in [0.1, 0.15) is 27.7 Å². The standard InChI is InChI=1S/C25H21F2N2O3P/c26-25(27,33)18-8-10-19(11-9-18)32-23-6-3-4-16-14-17(7-12-20(16)23)24(31)29-22(15-30)21-5-1-2-13-28-21/h1-14,22,30H,15,33H2,(H,29,31). The predicted octanol–water partition coefficient (Wildman–Crippen LogP) is 5.41. The maximum atomic E-state index is 13.4. The lowest BCUT2D eigenvalue weighted by molar-refractivity contribution is 0.0914. The van der Waals surface area contributed by atoms with Crippen LogP contribution in [0.3, 0.4) is 0 Å². The normalized spacial score (nSPS) is 12.4. The molecular weight excluding hydrogens is 445 g/mol. The van der Waals surface area contributed by atoms with E-state index in [4.69, 9.17) is 4.74 Å². The highest BCUT2D eigenvalue weighted by molar-refractivity contribution is 7.17. The van der Waals surface area contributed by atoms with Crippen molar-refractivity contribution in [1.29, 1.82) is 0 Å². The van der Waals surface area contributed by atoms with Crippen molar-refractivity contribution in [2.75, 3.05) is 6.61 Å². The van der Waals surface area contributed by atoms with Gasteiger partial charge in [0.15, 0.2) is 0 Å². The van der Waals surface area contributed by atoms with Crippen molar-refractivity contribution in [2.24, 2.45) is 0 Å². The van der Waals surface area contributed by atoms with E-state index in [9.17, 15) is 18.7 Å². The average Bonchev–Trinajstić information content (AvgIpc) is 2.82. The second-order valence-corrected chi connectivity index (χ2v) is 8.13. The molecule has 33 heavy (non-hydrogen) atoms. The molecule has 2 N–H and O–H groups in total. The van der Waals surface area contributed by atoms with Crippen molar-refractivity contribution in [3.05, 3.63) is 102 Å². The number of carbonyl (C=O) groups is 1. The van der Waals surface area contributed by atoms with Gasteiger partial charge in [-0.25, -0.2) is 0 Å². The number of nitrogens with one attached hydrogen (secondary N) is 1. The molecule has 5 nitrogen and oxygen atoms in total. The van der Waals surface area contributed by atoms with Gasteiger partial charge in [0.05, 0.1) is 18.3 Å². The Kier molecular flexibility index (Phi) is 6.63. The highest BCUT2D eigenvalue weighted by Crippen LogP contribution is 2.36. The molecule has 4 aromatic rings. The van der Waals surface area contributed by atoms with E-state index >= 15 is 0 Å². The number of nitrogens with zero attached hydrogens (tertiary/aromatic N) is 1. The Morgan fingerprint density at radius 2 is 1.85 bits per heavy atom. The van der Waals surface area contributed by atoms with E-state index in [0.29, 0.717) is 22.8 Å². The smallest absolute Gasteiger partial charge is 0.283 e. The van der Waals surface area contributed by atoms with E-state index in [-0.39, 0.29) is 18.1 Å². The molecule has 0 fully saturated rings. The fourth-order valence-corrected chi connectivity index (χ4v) is 3.59. The van der Waals surface area contributed by atoms with Gasteiger partial charge < -0.3 is 15.2 Å². The lowest BCUT2D eigenvalue weighted by atomic mass is 10.0. The molecule has 0 spiro atoms. The van der Waals surface area contributed by atoms with Crippen LogP contribution in [-0.4, -0.2) is 22.6 Å². The lowest BCUT2D eigenvalue weighted by Gasteiger charge is -2.16. The lowest BCUT2D eigenvalue weighted by Crippen LogP contribution is -2.31. The number of aromatic nitrogens is 1. The largest absolute Gasteiger partial charge is 0.457 e. The predicted molar refractivity (Wildman–Crippen MR) is 126 cm³/mol. The van der Waals surface area contributed by atoms with E-state index in [0.717, 1.165) is 10.8 Å². The summed E-state index contributed by atoms with van der Waals surface area (Å²) in [6.07, 6.45) is 1.60. The summed E-state index contributed by atoms with van der Waals surface area (Å²) < 4.78 is 32.7. The highest BCUT2D eigenvalue weighted by atomic mass is 31.0. The zero-order chi connectivity index (χ0) is 23.4. The third kappa shape index (κ3) is 5.33. The first-order chi connectivity index (χ1) is 15.8. The topological polar surface area (TPSA) is 71.5 Å². The number of fused-ring (bicyclic) bond motifs is 1. The van der Waals surface area contributed by atoms with E-state index in [1.54, 1.807) is 54.7 Å². The first kappa shape index (κ1) is 22.8. The summed E-state index contributed by atoms with van der Waals surface area (Å²) in [4.78, 5) is 17.0. The Bertz CT molecular complexity index is 1260. The minimum atomic E-state index is -3.00. The van der Waals surface area contributed by atoms with Gasteiger partial charge in [-0.3, -0.25) is 9.78 Å². The molecule has 1 heterocycles. The van der Waals surface area contributed by atoms with Crippen LogP contribution in [0, 0.1) is 0 Å². The van der Waals surface area contributed by atoms with E-state index in [1.165, 1.54) is 33.5 Å². The molecule has 168 valence electrons. The van der Waals surface area contributed by atoms with E-state index < -0.39 is 11.7 Å². The first-order valence-electron chi connectivity index (χ1n) is 10.2. The molecule has 1 aromatic heterocycles. The summed E-state index contributed by atoms with van der Waals surface area (Å²) in [5.41, 5.74) is -2.14. The fraction of sp³-hybridized carbons (Fsp3) is 0.120. The third-order valence-electron chi connectivity index (χ3n) is 5.10. The van der Waals surface area contributed by atoms with E-state index in [2.05, 4.69) is 10.3 Å². The second kappa shape index (κ2) is 9.61. The van der Waals surface area contributed by atoms with Gasteiger partial charge in [-0.15, -0.1) is 0 Å². The first-order valence-corrected chi connectivity index (χ1v) is 10.7. The summed E-state index contributed by atoms with van der Waals surface area (Å²) in [7, 11) is 1.51. The number of alkyl halides is 2. The number of pyridine rings is 1. The molecular formula is C25H21F2N2O3P. The SMILES string of the molecule is O=C(NC(CO)c1ccccn1)c1ccc2c(Oc3ccc(C(F)(F)P)cc3)cccc2c1. The van der Waals surface area contributed by atoms with Crippen LogP contribution in [0.15, 0.2) is 85.1 Å².